The Morgan fingerprint density at radius 1 is 1.40 bits per heavy atom. The van der Waals surface area contributed by atoms with Crippen LogP contribution in [0.15, 0.2) is 35.7 Å². The Balaban J connectivity index is 2.18. The molecule has 9 nitrogen and oxygen atoms in total. The Morgan fingerprint density at radius 2 is 2.16 bits per heavy atom. The molecule has 2 aromatic rings. The molecule has 0 saturated carbocycles. The van der Waals surface area contributed by atoms with Crippen molar-refractivity contribution in [2.75, 3.05) is 7.11 Å². The molecule has 0 unspecified atom stereocenters. The number of carbonyl (C=O) groups is 1. The van der Waals surface area contributed by atoms with E-state index in [1.54, 1.807) is 29.4 Å². The first-order chi connectivity index (χ1) is 12.0. The smallest absolute Gasteiger partial charge is 0.356 e. The van der Waals surface area contributed by atoms with Crippen molar-refractivity contribution in [1.29, 1.82) is 0 Å². The number of aromatic nitrogens is 3. The van der Waals surface area contributed by atoms with Crippen LogP contribution in [0, 0.1) is 0 Å². The number of ether oxygens (including phenoxy) is 1. The van der Waals surface area contributed by atoms with Crippen LogP contribution in [-0.2, 0) is 17.8 Å². The molecule has 0 aliphatic heterocycles. The van der Waals surface area contributed by atoms with Crippen molar-refractivity contribution in [2.45, 2.75) is 33.0 Å². The van der Waals surface area contributed by atoms with Gasteiger partial charge in [-0.1, -0.05) is 11.2 Å². The van der Waals surface area contributed by atoms with Crippen LogP contribution >= 0.6 is 0 Å². The standard InChI is InChI=1S/C16H22N6O3/c1-11(2)22-13(6-7-19-22)10-21(16(17)20-24)9-12-4-5-14(18-8-12)15(23)25-3/h4-8,11,24H,9-10H2,1-3H3,(H2,17,20). The van der Waals surface area contributed by atoms with Gasteiger partial charge in [-0.3, -0.25) is 4.68 Å². The number of pyridine rings is 1. The molecule has 2 heterocycles. The predicted molar refractivity (Wildman–Crippen MR) is 90.8 cm³/mol. The van der Waals surface area contributed by atoms with Crippen LogP contribution in [0.2, 0.25) is 0 Å². The summed E-state index contributed by atoms with van der Waals surface area (Å²) in [5.74, 6) is -0.519. The minimum Gasteiger partial charge on any atom is -0.464 e. The summed E-state index contributed by atoms with van der Waals surface area (Å²) in [6.45, 7) is 4.82. The van der Waals surface area contributed by atoms with Gasteiger partial charge in [-0.2, -0.15) is 5.10 Å². The van der Waals surface area contributed by atoms with Gasteiger partial charge in [0.1, 0.15) is 5.69 Å². The second kappa shape index (κ2) is 8.13. The van der Waals surface area contributed by atoms with E-state index in [1.807, 2.05) is 24.6 Å². The van der Waals surface area contributed by atoms with Crippen LogP contribution in [0.3, 0.4) is 0 Å². The van der Waals surface area contributed by atoms with Gasteiger partial charge in [-0.25, -0.2) is 9.78 Å². The topological polar surface area (TPSA) is 119 Å². The van der Waals surface area contributed by atoms with E-state index < -0.39 is 5.97 Å². The molecule has 25 heavy (non-hydrogen) atoms. The summed E-state index contributed by atoms with van der Waals surface area (Å²) in [6, 6.07) is 5.40. The Morgan fingerprint density at radius 3 is 2.72 bits per heavy atom. The van der Waals surface area contributed by atoms with Gasteiger partial charge in [0.15, 0.2) is 0 Å². The average molecular weight is 346 g/mol. The Kier molecular flexibility index (Phi) is 5.93. The predicted octanol–water partition coefficient (Wildman–Crippen LogP) is 1.35. The maximum Gasteiger partial charge on any atom is 0.356 e. The zero-order valence-electron chi connectivity index (χ0n) is 14.5. The van der Waals surface area contributed by atoms with Gasteiger partial charge in [0.05, 0.1) is 19.3 Å². The highest BCUT2D eigenvalue weighted by molar-refractivity contribution is 5.87. The molecule has 0 amide bonds. The van der Waals surface area contributed by atoms with Crippen molar-refractivity contribution in [3.05, 3.63) is 47.5 Å². The Bertz CT molecular complexity index is 739. The Hall–Kier alpha value is -3.10. The van der Waals surface area contributed by atoms with Crippen LogP contribution in [0.1, 0.15) is 41.6 Å². The number of oxime groups is 1. The molecule has 0 fully saturated rings. The monoisotopic (exact) mass is 346 g/mol. The van der Waals surface area contributed by atoms with E-state index >= 15 is 0 Å². The molecule has 0 atom stereocenters. The molecular formula is C16H22N6O3. The molecule has 9 heteroatoms. The fourth-order valence-electron chi connectivity index (χ4n) is 2.37. The van der Waals surface area contributed by atoms with Crippen molar-refractivity contribution >= 4 is 11.9 Å². The molecule has 0 saturated heterocycles. The molecule has 2 aromatic heterocycles. The van der Waals surface area contributed by atoms with Crippen molar-refractivity contribution in [3.8, 4) is 0 Å². The normalized spacial score (nSPS) is 11.6. The number of methoxy groups -OCH3 is 1. The summed E-state index contributed by atoms with van der Waals surface area (Å²) in [4.78, 5) is 17.2. The van der Waals surface area contributed by atoms with Gasteiger partial charge in [0, 0.05) is 25.0 Å². The Labute approximate surface area is 145 Å². The number of guanidine groups is 1. The molecular weight excluding hydrogens is 324 g/mol. The summed E-state index contributed by atoms with van der Waals surface area (Å²) < 4.78 is 6.50. The highest BCUT2D eigenvalue weighted by Gasteiger charge is 2.15. The maximum absolute atomic E-state index is 11.4. The molecule has 0 bridgehead atoms. The molecule has 0 radical (unpaired) electrons. The minimum absolute atomic E-state index is 0.0199. The van der Waals surface area contributed by atoms with E-state index in [-0.39, 0.29) is 17.7 Å². The fourth-order valence-corrected chi connectivity index (χ4v) is 2.37. The van der Waals surface area contributed by atoms with Crippen molar-refractivity contribution in [2.24, 2.45) is 10.9 Å². The molecule has 0 aliphatic carbocycles. The van der Waals surface area contributed by atoms with Crippen molar-refractivity contribution < 1.29 is 14.7 Å². The summed E-state index contributed by atoms with van der Waals surface area (Å²) in [6.07, 6.45) is 3.27. The van der Waals surface area contributed by atoms with E-state index in [9.17, 15) is 4.79 Å². The first-order valence-electron chi connectivity index (χ1n) is 7.74. The van der Waals surface area contributed by atoms with Crippen LogP contribution in [0.4, 0.5) is 0 Å². The first-order valence-corrected chi connectivity index (χ1v) is 7.74. The third kappa shape index (κ3) is 4.46. The highest BCUT2D eigenvalue weighted by atomic mass is 16.5. The lowest BCUT2D eigenvalue weighted by atomic mass is 10.2. The van der Waals surface area contributed by atoms with Gasteiger partial charge in [-0.15, -0.1) is 0 Å². The van der Waals surface area contributed by atoms with Crippen LogP contribution in [-0.4, -0.2) is 43.9 Å². The van der Waals surface area contributed by atoms with Crippen molar-refractivity contribution in [3.63, 3.8) is 0 Å². The zero-order chi connectivity index (χ0) is 18.4. The first kappa shape index (κ1) is 18.2. The third-order valence-electron chi connectivity index (χ3n) is 3.61. The van der Waals surface area contributed by atoms with E-state index in [4.69, 9.17) is 10.9 Å². The third-order valence-corrected chi connectivity index (χ3v) is 3.61. The van der Waals surface area contributed by atoms with E-state index in [0.717, 1.165) is 11.3 Å². The number of rotatable bonds is 6. The maximum atomic E-state index is 11.4. The van der Waals surface area contributed by atoms with Gasteiger partial charge in [0.2, 0.25) is 5.96 Å². The lowest BCUT2D eigenvalue weighted by Gasteiger charge is -2.23. The zero-order valence-corrected chi connectivity index (χ0v) is 14.5. The van der Waals surface area contributed by atoms with E-state index in [2.05, 4.69) is 20.0 Å². The second-order valence-corrected chi connectivity index (χ2v) is 5.72. The molecule has 134 valence electrons. The highest BCUT2D eigenvalue weighted by Crippen LogP contribution is 2.13. The minimum atomic E-state index is -0.499. The van der Waals surface area contributed by atoms with Crippen LogP contribution in [0.25, 0.3) is 0 Å². The molecule has 0 aromatic carbocycles. The molecule has 0 aliphatic rings. The molecule has 2 rings (SSSR count). The van der Waals surface area contributed by atoms with E-state index in [0.29, 0.717) is 13.1 Å². The summed E-state index contributed by atoms with van der Waals surface area (Å²) in [5.41, 5.74) is 7.76. The van der Waals surface area contributed by atoms with E-state index in [1.165, 1.54) is 7.11 Å². The van der Waals surface area contributed by atoms with Crippen LogP contribution < -0.4 is 5.73 Å². The van der Waals surface area contributed by atoms with Crippen LogP contribution in [0.5, 0.6) is 0 Å². The number of hydrogen-bond acceptors (Lipinski definition) is 6. The quantitative estimate of drug-likeness (QED) is 0.266. The van der Waals surface area contributed by atoms with Gasteiger partial charge < -0.3 is 20.6 Å². The summed E-state index contributed by atoms with van der Waals surface area (Å²) in [5, 5.41) is 16.4. The number of carbonyl (C=O) groups excluding carboxylic acids is 1. The lowest BCUT2D eigenvalue weighted by Crippen LogP contribution is -2.37. The number of esters is 1. The lowest BCUT2D eigenvalue weighted by molar-refractivity contribution is 0.0594. The SMILES string of the molecule is COC(=O)c1ccc(CN(Cc2ccnn2C(C)C)/C(N)=N/O)cn1. The largest absolute Gasteiger partial charge is 0.464 e. The molecule has 3 N–H and O–H groups in total. The summed E-state index contributed by atoms with van der Waals surface area (Å²) >= 11 is 0. The second-order valence-electron chi connectivity index (χ2n) is 5.72. The van der Waals surface area contributed by atoms with Gasteiger partial charge in [-0.05, 0) is 31.5 Å². The van der Waals surface area contributed by atoms with Gasteiger partial charge >= 0.3 is 5.97 Å². The number of nitrogens with two attached hydrogens (primary N) is 1. The number of nitrogens with zero attached hydrogens (tertiary/aromatic N) is 5. The molecule has 0 spiro atoms. The number of hydrogen-bond donors (Lipinski definition) is 2. The summed E-state index contributed by atoms with van der Waals surface area (Å²) in [7, 11) is 1.30. The van der Waals surface area contributed by atoms with Crippen molar-refractivity contribution in [1.82, 2.24) is 19.7 Å². The fraction of sp³-hybridized carbons (Fsp3) is 0.375. The average Bonchev–Trinajstić information content (AvgIpc) is 3.09. The van der Waals surface area contributed by atoms with Gasteiger partial charge in [0.25, 0.3) is 0 Å².